The zero-order chi connectivity index (χ0) is 17.9. The van der Waals surface area contributed by atoms with Crippen LogP contribution in [0.25, 0.3) is 10.8 Å². The first-order valence-electron chi connectivity index (χ1n) is 8.64. The van der Waals surface area contributed by atoms with Crippen molar-refractivity contribution in [2.24, 2.45) is 0 Å². The summed E-state index contributed by atoms with van der Waals surface area (Å²) in [5.74, 6) is 1.33. The van der Waals surface area contributed by atoms with Gasteiger partial charge in [-0.3, -0.25) is 4.79 Å². The summed E-state index contributed by atoms with van der Waals surface area (Å²) in [7, 11) is 1.60. The fourth-order valence-electron chi connectivity index (χ4n) is 3.29. The molecule has 0 N–H and O–H groups in total. The van der Waals surface area contributed by atoms with Crippen LogP contribution in [0.4, 0.5) is 5.95 Å². The second-order valence-electron chi connectivity index (χ2n) is 6.23. The predicted molar refractivity (Wildman–Crippen MR) is 101 cm³/mol. The molecule has 1 aliphatic rings. The summed E-state index contributed by atoms with van der Waals surface area (Å²) >= 11 is 0. The minimum atomic E-state index is 0.00114. The van der Waals surface area contributed by atoms with E-state index in [9.17, 15) is 4.79 Å². The third-order valence-corrected chi connectivity index (χ3v) is 4.70. The lowest BCUT2D eigenvalue weighted by Crippen LogP contribution is -2.49. The Labute approximate surface area is 152 Å². The molecule has 0 aliphatic carbocycles. The molecule has 0 radical (unpaired) electrons. The van der Waals surface area contributed by atoms with Gasteiger partial charge in [-0.05, 0) is 29.0 Å². The van der Waals surface area contributed by atoms with Crippen LogP contribution in [0.2, 0.25) is 0 Å². The van der Waals surface area contributed by atoms with E-state index in [1.165, 1.54) is 0 Å². The Balaban J connectivity index is 1.54. The molecule has 1 aromatic heterocycles. The molecular formula is C20H20N4O2. The van der Waals surface area contributed by atoms with E-state index in [0.717, 1.165) is 10.8 Å². The maximum Gasteiger partial charge on any atom is 0.257 e. The molecule has 26 heavy (non-hydrogen) atoms. The van der Waals surface area contributed by atoms with E-state index in [1.54, 1.807) is 25.6 Å². The maximum absolute atomic E-state index is 13.1. The smallest absolute Gasteiger partial charge is 0.257 e. The molecule has 1 fully saturated rings. The summed E-state index contributed by atoms with van der Waals surface area (Å²) in [6, 6.07) is 13.6. The van der Waals surface area contributed by atoms with Gasteiger partial charge in [0.05, 0.1) is 12.7 Å². The van der Waals surface area contributed by atoms with Crippen LogP contribution in [-0.4, -0.2) is 54.1 Å². The summed E-state index contributed by atoms with van der Waals surface area (Å²) in [5, 5.41) is 2.10. The van der Waals surface area contributed by atoms with Crippen LogP contribution in [0.5, 0.6) is 5.75 Å². The van der Waals surface area contributed by atoms with E-state index in [-0.39, 0.29) is 5.91 Å². The van der Waals surface area contributed by atoms with Crippen LogP contribution in [0, 0.1) is 0 Å². The molecule has 2 aromatic carbocycles. The Hall–Kier alpha value is -3.15. The number of aromatic nitrogens is 2. The number of hydrogen-bond donors (Lipinski definition) is 0. The number of anilines is 1. The van der Waals surface area contributed by atoms with Crippen LogP contribution in [-0.2, 0) is 0 Å². The van der Waals surface area contributed by atoms with Gasteiger partial charge in [-0.15, -0.1) is 0 Å². The average Bonchev–Trinajstić information content (AvgIpc) is 2.73. The zero-order valence-electron chi connectivity index (χ0n) is 14.6. The number of fused-ring (bicyclic) bond motifs is 1. The number of methoxy groups -OCH3 is 1. The van der Waals surface area contributed by atoms with E-state index in [0.29, 0.717) is 43.4 Å². The molecule has 3 aromatic rings. The number of benzene rings is 2. The number of carbonyl (C=O) groups is 1. The van der Waals surface area contributed by atoms with Crippen molar-refractivity contribution in [1.82, 2.24) is 14.9 Å². The highest BCUT2D eigenvalue weighted by Crippen LogP contribution is 2.27. The summed E-state index contributed by atoms with van der Waals surface area (Å²) < 4.78 is 5.48. The summed E-state index contributed by atoms with van der Waals surface area (Å²) in [6.45, 7) is 2.69. The molecule has 1 aliphatic heterocycles. The van der Waals surface area contributed by atoms with Crippen LogP contribution in [0.3, 0.4) is 0 Å². The van der Waals surface area contributed by atoms with Crippen LogP contribution >= 0.6 is 0 Å². The van der Waals surface area contributed by atoms with Gasteiger partial charge in [-0.25, -0.2) is 9.97 Å². The molecule has 0 spiro atoms. The predicted octanol–water partition coefficient (Wildman–Crippen LogP) is 2.60. The van der Waals surface area contributed by atoms with Gasteiger partial charge >= 0.3 is 0 Å². The van der Waals surface area contributed by atoms with Crippen molar-refractivity contribution in [2.75, 3.05) is 38.2 Å². The molecule has 6 nitrogen and oxygen atoms in total. The van der Waals surface area contributed by atoms with Gasteiger partial charge in [0.2, 0.25) is 5.95 Å². The van der Waals surface area contributed by atoms with Crippen molar-refractivity contribution in [2.45, 2.75) is 0 Å². The minimum absolute atomic E-state index is 0.00114. The Bertz CT molecular complexity index is 922. The van der Waals surface area contributed by atoms with Crippen molar-refractivity contribution in [3.05, 3.63) is 60.4 Å². The monoisotopic (exact) mass is 348 g/mol. The number of carbonyl (C=O) groups excluding carboxylic acids is 1. The molecule has 6 heteroatoms. The Morgan fingerprint density at radius 1 is 0.962 bits per heavy atom. The van der Waals surface area contributed by atoms with Gasteiger partial charge in [0, 0.05) is 38.6 Å². The molecule has 0 saturated carbocycles. The molecule has 0 atom stereocenters. The first-order valence-corrected chi connectivity index (χ1v) is 8.64. The SMILES string of the molecule is COc1cc2ccccc2cc1C(=O)N1CCN(c2ncccn2)CC1. The van der Waals surface area contributed by atoms with E-state index in [4.69, 9.17) is 4.74 Å². The molecule has 0 bridgehead atoms. The largest absolute Gasteiger partial charge is 0.496 e. The number of nitrogens with zero attached hydrogens (tertiary/aromatic N) is 4. The number of hydrogen-bond acceptors (Lipinski definition) is 5. The van der Waals surface area contributed by atoms with Gasteiger partial charge in [0.1, 0.15) is 5.75 Å². The Morgan fingerprint density at radius 3 is 2.27 bits per heavy atom. The van der Waals surface area contributed by atoms with Gasteiger partial charge in [0.15, 0.2) is 0 Å². The van der Waals surface area contributed by atoms with E-state index in [1.807, 2.05) is 41.3 Å². The van der Waals surface area contributed by atoms with Crippen molar-refractivity contribution < 1.29 is 9.53 Å². The number of ether oxygens (including phenoxy) is 1. The lowest BCUT2D eigenvalue weighted by Gasteiger charge is -2.34. The first-order chi connectivity index (χ1) is 12.8. The number of amides is 1. The third-order valence-electron chi connectivity index (χ3n) is 4.70. The van der Waals surface area contributed by atoms with Crippen molar-refractivity contribution >= 4 is 22.6 Å². The van der Waals surface area contributed by atoms with Crippen molar-refractivity contribution in [3.63, 3.8) is 0 Å². The summed E-state index contributed by atoms with van der Waals surface area (Å²) in [4.78, 5) is 25.6. The Morgan fingerprint density at radius 2 is 1.62 bits per heavy atom. The minimum Gasteiger partial charge on any atom is -0.496 e. The lowest BCUT2D eigenvalue weighted by molar-refractivity contribution is 0.0743. The second kappa shape index (κ2) is 7.00. The van der Waals surface area contributed by atoms with E-state index in [2.05, 4.69) is 14.9 Å². The van der Waals surface area contributed by atoms with Gasteiger partial charge < -0.3 is 14.5 Å². The van der Waals surface area contributed by atoms with Crippen LogP contribution in [0.15, 0.2) is 54.9 Å². The van der Waals surface area contributed by atoms with Gasteiger partial charge in [-0.1, -0.05) is 24.3 Å². The molecular weight excluding hydrogens is 328 g/mol. The Kier molecular flexibility index (Phi) is 4.39. The molecule has 4 rings (SSSR count). The molecule has 132 valence electrons. The lowest BCUT2D eigenvalue weighted by atomic mass is 10.0. The average molecular weight is 348 g/mol. The zero-order valence-corrected chi connectivity index (χ0v) is 14.6. The number of piperazine rings is 1. The highest BCUT2D eigenvalue weighted by Gasteiger charge is 2.25. The standard InChI is InChI=1S/C20H20N4O2/c1-26-18-14-16-6-3-2-5-15(16)13-17(18)19(25)23-9-11-24(12-10-23)20-21-7-4-8-22-20/h2-8,13-14H,9-12H2,1H3. The molecule has 2 heterocycles. The van der Waals surface area contributed by atoms with E-state index >= 15 is 0 Å². The van der Waals surface area contributed by atoms with Gasteiger partial charge in [-0.2, -0.15) is 0 Å². The quantitative estimate of drug-likeness (QED) is 0.728. The third kappa shape index (κ3) is 3.06. The maximum atomic E-state index is 13.1. The molecule has 1 amide bonds. The second-order valence-corrected chi connectivity index (χ2v) is 6.23. The van der Waals surface area contributed by atoms with Crippen molar-refractivity contribution in [1.29, 1.82) is 0 Å². The topological polar surface area (TPSA) is 58.6 Å². The van der Waals surface area contributed by atoms with Crippen molar-refractivity contribution in [3.8, 4) is 5.75 Å². The van der Waals surface area contributed by atoms with Crippen LogP contribution in [0.1, 0.15) is 10.4 Å². The van der Waals surface area contributed by atoms with Crippen LogP contribution < -0.4 is 9.64 Å². The number of rotatable bonds is 3. The highest BCUT2D eigenvalue weighted by atomic mass is 16.5. The summed E-state index contributed by atoms with van der Waals surface area (Å²) in [6.07, 6.45) is 3.47. The normalized spacial score (nSPS) is 14.5. The highest BCUT2D eigenvalue weighted by molar-refractivity contribution is 6.01. The van der Waals surface area contributed by atoms with E-state index < -0.39 is 0 Å². The molecule has 0 unspecified atom stereocenters. The molecule has 1 saturated heterocycles. The fourth-order valence-corrected chi connectivity index (χ4v) is 3.29. The summed E-state index contributed by atoms with van der Waals surface area (Å²) in [5.41, 5.74) is 0.607. The fraction of sp³-hybridized carbons (Fsp3) is 0.250. The van der Waals surface area contributed by atoms with Gasteiger partial charge in [0.25, 0.3) is 5.91 Å². The first kappa shape index (κ1) is 16.3.